The summed E-state index contributed by atoms with van der Waals surface area (Å²) in [5.74, 6) is -0.233. The molecule has 0 saturated heterocycles. The molecule has 0 radical (unpaired) electrons. The Morgan fingerprint density at radius 1 is 1.36 bits per heavy atom. The van der Waals surface area contributed by atoms with Crippen LogP contribution in [0.25, 0.3) is 0 Å². The zero-order valence-electron chi connectivity index (χ0n) is 5.70. The Balaban J connectivity index is 3.21. The summed E-state index contributed by atoms with van der Waals surface area (Å²) >= 11 is 7.86. The van der Waals surface area contributed by atoms with Crippen LogP contribution in [-0.2, 0) is 0 Å². The molecule has 0 aliphatic rings. The fourth-order valence-electron chi connectivity index (χ4n) is 0.650. The van der Waals surface area contributed by atoms with Gasteiger partial charge in [0.15, 0.2) is 0 Å². The second kappa shape index (κ2) is 3.92. The molecule has 0 unspecified atom stereocenters. The lowest BCUT2D eigenvalue weighted by Crippen LogP contribution is -1.80. The normalized spacial score (nSPS) is 10.2. The minimum absolute atomic E-state index is 0.233. The summed E-state index contributed by atoms with van der Waals surface area (Å²) in [5, 5.41) is 0. The van der Waals surface area contributed by atoms with Crippen LogP contribution in [0.15, 0.2) is 26.0 Å². The second-order valence-electron chi connectivity index (χ2n) is 1.91. The van der Waals surface area contributed by atoms with E-state index in [0.717, 1.165) is 9.37 Å². The van der Waals surface area contributed by atoms with Gasteiger partial charge in [0.1, 0.15) is 5.82 Å². The first-order valence-electron chi connectivity index (χ1n) is 2.83. The van der Waals surface area contributed by atoms with E-state index in [9.17, 15) is 4.39 Å². The van der Waals surface area contributed by atoms with Gasteiger partial charge in [0.05, 0.1) is 4.47 Å². The van der Waals surface area contributed by atoms with Crippen molar-refractivity contribution in [3.05, 3.63) is 26.9 Å². The van der Waals surface area contributed by atoms with Crippen molar-refractivity contribution in [1.29, 1.82) is 0 Å². The molecule has 0 nitrogen and oxygen atoms in total. The highest BCUT2D eigenvalue weighted by Crippen LogP contribution is 2.30. The molecule has 0 aliphatic heterocycles. The summed E-state index contributed by atoms with van der Waals surface area (Å²) in [6.07, 6.45) is 1.91. The summed E-state index contributed by atoms with van der Waals surface area (Å²) in [4.78, 5) is 0.914. The minimum atomic E-state index is -0.233. The Morgan fingerprint density at radius 2 is 2.00 bits per heavy atom. The first-order valence-corrected chi connectivity index (χ1v) is 5.64. The maximum Gasteiger partial charge on any atom is 0.139 e. The van der Waals surface area contributed by atoms with Crippen molar-refractivity contribution in [2.75, 3.05) is 6.26 Å². The lowest BCUT2D eigenvalue weighted by molar-refractivity contribution is 0.616. The lowest BCUT2D eigenvalue weighted by Gasteiger charge is -2.00. The van der Waals surface area contributed by atoms with Gasteiger partial charge in [0.2, 0.25) is 0 Å². The molecule has 0 spiro atoms. The molecule has 0 amide bonds. The van der Waals surface area contributed by atoms with Crippen molar-refractivity contribution >= 4 is 43.6 Å². The molecule has 11 heavy (non-hydrogen) atoms. The van der Waals surface area contributed by atoms with Gasteiger partial charge < -0.3 is 0 Å². The smallest absolute Gasteiger partial charge is 0.139 e. The maximum atomic E-state index is 12.9. The van der Waals surface area contributed by atoms with Crippen LogP contribution in [0.5, 0.6) is 0 Å². The van der Waals surface area contributed by atoms with Gasteiger partial charge in [0, 0.05) is 9.37 Å². The molecular formula is C7H5Br2FS. The molecular weight excluding hydrogens is 295 g/mol. The summed E-state index contributed by atoms with van der Waals surface area (Å²) in [6, 6.07) is 3.37. The number of halogens is 3. The molecule has 0 aliphatic carbocycles. The average molecular weight is 300 g/mol. The van der Waals surface area contributed by atoms with Crippen LogP contribution >= 0.6 is 43.6 Å². The third-order valence-electron chi connectivity index (χ3n) is 1.19. The van der Waals surface area contributed by atoms with Crippen molar-refractivity contribution in [3.63, 3.8) is 0 Å². The van der Waals surface area contributed by atoms with E-state index in [4.69, 9.17) is 0 Å². The van der Waals surface area contributed by atoms with Crippen LogP contribution in [-0.4, -0.2) is 6.26 Å². The first kappa shape index (κ1) is 9.55. The third kappa shape index (κ3) is 2.20. The number of hydrogen-bond acceptors (Lipinski definition) is 1. The van der Waals surface area contributed by atoms with Crippen molar-refractivity contribution < 1.29 is 4.39 Å². The lowest BCUT2D eigenvalue weighted by atomic mass is 10.3. The Kier molecular flexibility index (Phi) is 3.40. The van der Waals surface area contributed by atoms with Crippen molar-refractivity contribution in [1.82, 2.24) is 0 Å². The summed E-state index contributed by atoms with van der Waals surface area (Å²) < 4.78 is 14.2. The number of rotatable bonds is 1. The van der Waals surface area contributed by atoms with E-state index in [1.54, 1.807) is 0 Å². The summed E-state index contributed by atoms with van der Waals surface area (Å²) in [7, 11) is 0. The topological polar surface area (TPSA) is 0 Å². The molecule has 4 heteroatoms. The van der Waals surface area contributed by atoms with Crippen LogP contribution < -0.4 is 0 Å². The van der Waals surface area contributed by atoms with E-state index in [1.165, 1.54) is 17.8 Å². The largest absolute Gasteiger partial charge is 0.206 e. The fraction of sp³-hybridized carbons (Fsp3) is 0.143. The molecule has 0 atom stereocenters. The Bertz CT molecular complexity index is 252. The van der Waals surface area contributed by atoms with Gasteiger partial charge in [-0.25, -0.2) is 4.39 Å². The SMILES string of the molecule is CSc1cc(F)c(Br)c(Br)c1. The molecule has 1 rings (SSSR count). The zero-order valence-corrected chi connectivity index (χ0v) is 9.69. The van der Waals surface area contributed by atoms with Gasteiger partial charge in [-0.15, -0.1) is 11.8 Å². The monoisotopic (exact) mass is 298 g/mol. The molecule has 0 aromatic heterocycles. The highest BCUT2D eigenvalue weighted by Gasteiger charge is 2.04. The van der Waals surface area contributed by atoms with Gasteiger partial charge in [-0.05, 0) is 50.2 Å². The van der Waals surface area contributed by atoms with E-state index in [2.05, 4.69) is 31.9 Å². The van der Waals surface area contributed by atoms with Crippen molar-refractivity contribution in [2.45, 2.75) is 4.90 Å². The standard InChI is InChI=1S/C7H5Br2FS/c1-11-4-2-5(8)7(9)6(10)3-4/h2-3H,1H3. The number of hydrogen-bond donors (Lipinski definition) is 0. The van der Waals surface area contributed by atoms with Crippen molar-refractivity contribution in [2.24, 2.45) is 0 Å². The molecule has 1 aromatic carbocycles. The Hall–Kier alpha value is 0.460. The summed E-state index contributed by atoms with van der Waals surface area (Å²) in [6.45, 7) is 0. The molecule has 0 N–H and O–H groups in total. The van der Waals surface area contributed by atoms with Crippen LogP contribution in [0, 0.1) is 5.82 Å². The van der Waals surface area contributed by atoms with E-state index in [1.807, 2.05) is 12.3 Å². The van der Waals surface area contributed by atoms with E-state index >= 15 is 0 Å². The van der Waals surface area contributed by atoms with Crippen LogP contribution in [0.3, 0.4) is 0 Å². The summed E-state index contributed by atoms with van der Waals surface area (Å²) in [5.41, 5.74) is 0. The van der Waals surface area contributed by atoms with Gasteiger partial charge in [-0.1, -0.05) is 0 Å². The predicted octanol–water partition coefficient (Wildman–Crippen LogP) is 4.07. The van der Waals surface area contributed by atoms with Crippen LogP contribution in [0.1, 0.15) is 0 Å². The Morgan fingerprint density at radius 3 is 2.45 bits per heavy atom. The van der Waals surface area contributed by atoms with E-state index in [-0.39, 0.29) is 5.82 Å². The van der Waals surface area contributed by atoms with Crippen molar-refractivity contribution in [3.8, 4) is 0 Å². The zero-order chi connectivity index (χ0) is 8.43. The average Bonchev–Trinajstić information content (AvgIpc) is 1.99. The molecule has 1 aromatic rings. The fourth-order valence-corrected chi connectivity index (χ4v) is 1.92. The van der Waals surface area contributed by atoms with Crippen LogP contribution in [0.2, 0.25) is 0 Å². The van der Waals surface area contributed by atoms with Gasteiger partial charge in [-0.2, -0.15) is 0 Å². The highest BCUT2D eigenvalue weighted by atomic mass is 79.9. The molecule has 60 valence electrons. The molecule has 0 fully saturated rings. The Labute approximate surface area is 85.8 Å². The van der Waals surface area contributed by atoms with Crippen LogP contribution in [0.4, 0.5) is 4.39 Å². The number of benzene rings is 1. The molecule has 0 heterocycles. The number of thioether (sulfide) groups is 1. The van der Waals surface area contributed by atoms with Gasteiger partial charge in [0.25, 0.3) is 0 Å². The molecule has 0 bridgehead atoms. The van der Waals surface area contributed by atoms with E-state index < -0.39 is 0 Å². The quantitative estimate of drug-likeness (QED) is 0.556. The minimum Gasteiger partial charge on any atom is -0.206 e. The van der Waals surface area contributed by atoms with E-state index in [0.29, 0.717) is 4.47 Å². The maximum absolute atomic E-state index is 12.9. The third-order valence-corrected chi connectivity index (χ3v) is 3.86. The second-order valence-corrected chi connectivity index (χ2v) is 4.43. The van der Waals surface area contributed by atoms with Gasteiger partial charge in [-0.3, -0.25) is 0 Å². The highest BCUT2D eigenvalue weighted by molar-refractivity contribution is 9.13. The first-order chi connectivity index (χ1) is 5.15. The predicted molar refractivity (Wildman–Crippen MR) is 53.6 cm³/mol. The van der Waals surface area contributed by atoms with Gasteiger partial charge >= 0.3 is 0 Å². The molecule has 0 saturated carbocycles.